The lowest BCUT2D eigenvalue weighted by Gasteiger charge is -2.31. The fraction of sp³-hybridized carbons (Fsp3) is 0.440. The fourth-order valence-corrected chi connectivity index (χ4v) is 4.42. The molecule has 2 amide bonds. The van der Waals surface area contributed by atoms with Gasteiger partial charge in [0.1, 0.15) is 11.9 Å². The lowest BCUT2D eigenvalue weighted by molar-refractivity contribution is -0.139. The number of benzene rings is 2. The van der Waals surface area contributed by atoms with Crippen LogP contribution < -0.4 is 5.32 Å². The third kappa shape index (κ3) is 8.02. The number of carbonyl (C=O) groups excluding carboxylic acids is 2. The molecule has 0 aliphatic carbocycles. The standard InChI is InChI=1S/C25H33FN2O2S/c1-6-23(25(30)27-17(2)3)28(14-20-7-9-22(26)10-8-20)24(29)16-31-15-21-12-18(4)11-19(5)13-21/h7-13,17,23H,6,14-16H2,1-5H3,(H,27,30). The normalized spacial score (nSPS) is 12.0. The molecule has 0 saturated carbocycles. The second-order valence-corrected chi connectivity index (χ2v) is 9.21. The third-order valence-electron chi connectivity index (χ3n) is 4.86. The van der Waals surface area contributed by atoms with Crippen LogP contribution in [0.2, 0.25) is 0 Å². The molecule has 0 spiro atoms. The minimum atomic E-state index is -0.568. The Bertz CT molecular complexity index is 863. The molecule has 1 unspecified atom stereocenters. The first-order valence-corrected chi connectivity index (χ1v) is 11.8. The van der Waals surface area contributed by atoms with Crippen LogP contribution in [0, 0.1) is 19.7 Å². The third-order valence-corrected chi connectivity index (χ3v) is 5.85. The number of carbonyl (C=O) groups is 2. The van der Waals surface area contributed by atoms with E-state index in [1.165, 1.54) is 28.8 Å². The molecule has 2 aromatic carbocycles. The van der Waals surface area contributed by atoms with E-state index in [0.29, 0.717) is 6.42 Å². The van der Waals surface area contributed by atoms with Crippen LogP contribution in [0.15, 0.2) is 42.5 Å². The first-order chi connectivity index (χ1) is 14.7. The summed E-state index contributed by atoms with van der Waals surface area (Å²) in [6.07, 6.45) is 0.507. The van der Waals surface area contributed by atoms with E-state index in [4.69, 9.17) is 0 Å². The number of aryl methyl sites for hydroxylation is 2. The number of rotatable bonds is 10. The van der Waals surface area contributed by atoms with Crippen LogP contribution in [0.3, 0.4) is 0 Å². The van der Waals surface area contributed by atoms with Gasteiger partial charge < -0.3 is 10.2 Å². The predicted molar refractivity (Wildman–Crippen MR) is 126 cm³/mol. The van der Waals surface area contributed by atoms with Crippen LogP contribution in [-0.4, -0.2) is 34.6 Å². The molecule has 0 radical (unpaired) electrons. The van der Waals surface area contributed by atoms with Gasteiger partial charge in [0.05, 0.1) is 5.75 Å². The van der Waals surface area contributed by atoms with Gasteiger partial charge in [0.2, 0.25) is 11.8 Å². The van der Waals surface area contributed by atoms with Gasteiger partial charge in [-0.05, 0) is 57.4 Å². The molecule has 0 aliphatic heterocycles. The Hall–Kier alpha value is -2.34. The molecule has 0 heterocycles. The number of hydrogen-bond donors (Lipinski definition) is 1. The van der Waals surface area contributed by atoms with Crippen molar-refractivity contribution < 1.29 is 14.0 Å². The summed E-state index contributed by atoms with van der Waals surface area (Å²) in [5, 5.41) is 2.92. The van der Waals surface area contributed by atoms with Gasteiger partial charge >= 0.3 is 0 Å². The quantitative estimate of drug-likeness (QED) is 0.561. The van der Waals surface area contributed by atoms with Crippen molar-refractivity contribution in [1.29, 1.82) is 0 Å². The molecular weight excluding hydrogens is 411 g/mol. The topological polar surface area (TPSA) is 49.4 Å². The first kappa shape index (κ1) is 24.9. The van der Waals surface area contributed by atoms with Gasteiger partial charge in [-0.3, -0.25) is 9.59 Å². The van der Waals surface area contributed by atoms with Crippen molar-refractivity contribution in [1.82, 2.24) is 10.2 Å². The van der Waals surface area contributed by atoms with Gasteiger partial charge in [0.15, 0.2) is 0 Å². The summed E-state index contributed by atoms with van der Waals surface area (Å²) >= 11 is 1.54. The van der Waals surface area contributed by atoms with Gasteiger partial charge in [0.25, 0.3) is 0 Å². The zero-order valence-electron chi connectivity index (χ0n) is 19.1. The van der Waals surface area contributed by atoms with Crippen LogP contribution in [0.5, 0.6) is 0 Å². The molecule has 2 aromatic rings. The highest BCUT2D eigenvalue weighted by atomic mass is 32.2. The number of nitrogens with zero attached hydrogens (tertiary/aromatic N) is 1. The minimum Gasteiger partial charge on any atom is -0.352 e. The van der Waals surface area contributed by atoms with E-state index in [0.717, 1.165) is 11.3 Å². The number of hydrogen-bond acceptors (Lipinski definition) is 3. The maximum atomic E-state index is 13.3. The van der Waals surface area contributed by atoms with Crippen molar-refractivity contribution in [2.45, 2.75) is 65.4 Å². The van der Waals surface area contributed by atoms with Crippen molar-refractivity contribution in [2.24, 2.45) is 0 Å². The van der Waals surface area contributed by atoms with Gasteiger partial charge in [-0.25, -0.2) is 4.39 Å². The molecule has 1 atom stereocenters. The number of halogens is 1. The van der Waals surface area contributed by atoms with Crippen LogP contribution in [0.4, 0.5) is 4.39 Å². The summed E-state index contributed by atoms with van der Waals surface area (Å²) in [4.78, 5) is 27.6. The van der Waals surface area contributed by atoms with Crippen LogP contribution in [0.1, 0.15) is 49.4 Å². The molecule has 6 heteroatoms. The van der Waals surface area contributed by atoms with E-state index in [-0.39, 0.29) is 36.0 Å². The second kappa shape index (κ2) is 11.9. The number of amides is 2. The zero-order chi connectivity index (χ0) is 23.0. The molecule has 168 valence electrons. The predicted octanol–water partition coefficient (Wildman–Crippen LogP) is 5.01. The molecule has 0 aliphatic rings. The Balaban J connectivity index is 2.13. The molecule has 31 heavy (non-hydrogen) atoms. The summed E-state index contributed by atoms with van der Waals surface area (Å²) in [6, 6.07) is 11.9. The van der Waals surface area contributed by atoms with Crippen molar-refractivity contribution in [3.63, 3.8) is 0 Å². The summed E-state index contributed by atoms with van der Waals surface area (Å²) in [5.74, 6) is 0.430. The largest absolute Gasteiger partial charge is 0.352 e. The van der Waals surface area contributed by atoms with Gasteiger partial charge in [-0.15, -0.1) is 11.8 Å². The average Bonchev–Trinajstić information content (AvgIpc) is 2.68. The van der Waals surface area contributed by atoms with E-state index in [9.17, 15) is 14.0 Å². The molecule has 0 saturated heterocycles. The van der Waals surface area contributed by atoms with E-state index in [2.05, 4.69) is 37.4 Å². The lowest BCUT2D eigenvalue weighted by Crippen LogP contribution is -2.50. The van der Waals surface area contributed by atoms with E-state index in [1.54, 1.807) is 28.8 Å². The van der Waals surface area contributed by atoms with E-state index >= 15 is 0 Å². The van der Waals surface area contributed by atoms with E-state index < -0.39 is 6.04 Å². The van der Waals surface area contributed by atoms with E-state index in [1.807, 2.05) is 20.8 Å². The Morgan fingerprint density at radius 3 is 2.19 bits per heavy atom. The van der Waals surface area contributed by atoms with Crippen molar-refractivity contribution in [3.05, 3.63) is 70.5 Å². The number of thioether (sulfide) groups is 1. The molecule has 4 nitrogen and oxygen atoms in total. The first-order valence-electron chi connectivity index (χ1n) is 10.7. The summed E-state index contributed by atoms with van der Waals surface area (Å²) < 4.78 is 13.3. The average molecular weight is 445 g/mol. The fourth-order valence-electron chi connectivity index (χ4n) is 3.58. The van der Waals surface area contributed by atoms with Crippen LogP contribution in [0.25, 0.3) is 0 Å². The number of nitrogens with one attached hydrogen (secondary N) is 1. The van der Waals surface area contributed by atoms with Crippen LogP contribution >= 0.6 is 11.8 Å². The lowest BCUT2D eigenvalue weighted by atomic mass is 10.1. The Labute approximate surface area is 189 Å². The summed E-state index contributed by atoms with van der Waals surface area (Å²) in [7, 11) is 0. The van der Waals surface area contributed by atoms with Crippen molar-refractivity contribution in [2.75, 3.05) is 5.75 Å². The monoisotopic (exact) mass is 444 g/mol. The van der Waals surface area contributed by atoms with Gasteiger partial charge in [0, 0.05) is 18.3 Å². The minimum absolute atomic E-state index is 0.0109. The molecule has 0 bridgehead atoms. The smallest absolute Gasteiger partial charge is 0.243 e. The van der Waals surface area contributed by atoms with Crippen LogP contribution in [-0.2, 0) is 21.9 Å². The van der Waals surface area contributed by atoms with Gasteiger partial charge in [-0.2, -0.15) is 0 Å². The highest BCUT2D eigenvalue weighted by molar-refractivity contribution is 7.99. The molecule has 2 rings (SSSR count). The summed E-state index contributed by atoms with van der Waals surface area (Å²) in [6.45, 7) is 10.1. The molecular formula is C25H33FN2O2S. The van der Waals surface area contributed by atoms with Crippen molar-refractivity contribution in [3.8, 4) is 0 Å². The molecule has 0 aromatic heterocycles. The Morgan fingerprint density at radius 1 is 1.03 bits per heavy atom. The van der Waals surface area contributed by atoms with Gasteiger partial charge in [-0.1, -0.05) is 48.4 Å². The Kier molecular flexibility index (Phi) is 9.56. The maximum Gasteiger partial charge on any atom is 0.243 e. The molecule has 1 N–H and O–H groups in total. The summed E-state index contributed by atoms with van der Waals surface area (Å²) in [5.41, 5.74) is 4.39. The molecule has 0 fully saturated rings. The second-order valence-electron chi connectivity index (χ2n) is 8.22. The maximum absolute atomic E-state index is 13.3. The highest BCUT2D eigenvalue weighted by Gasteiger charge is 2.28. The zero-order valence-corrected chi connectivity index (χ0v) is 19.9. The highest BCUT2D eigenvalue weighted by Crippen LogP contribution is 2.19. The van der Waals surface area contributed by atoms with Crippen molar-refractivity contribution >= 4 is 23.6 Å². The SMILES string of the molecule is CCC(C(=O)NC(C)C)N(Cc1ccc(F)cc1)C(=O)CSCc1cc(C)cc(C)c1. The Morgan fingerprint density at radius 2 is 1.65 bits per heavy atom.